The quantitative estimate of drug-likeness (QED) is 0.380. The van der Waals surface area contributed by atoms with Crippen molar-refractivity contribution in [3.8, 4) is 5.75 Å². The van der Waals surface area contributed by atoms with Gasteiger partial charge in [0, 0.05) is 13.6 Å². The lowest BCUT2D eigenvalue weighted by molar-refractivity contribution is 0.182. The summed E-state index contributed by atoms with van der Waals surface area (Å²) >= 11 is 0. The topological polar surface area (TPSA) is 97.9 Å². The summed E-state index contributed by atoms with van der Waals surface area (Å²) in [4.78, 5) is 13.9. The van der Waals surface area contributed by atoms with Crippen LogP contribution in [0.25, 0.3) is 0 Å². The molecule has 0 aliphatic rings. The van der Waals surface area contributed by atoms with Crippen LogP contribution in [0.4, 0.5) is 17.5 Å². The van der Waals surface area contributed by atoms with E-state index in [0.29, 0.717) is 31.0 Å². The summed E-state index contributed by atoms with van der Waals surface area (Å²) in [5.41, 5.74) is 6.23. The number of likely N-dealkylation sites (N-methyl/N-ethyl adjacent to an activating group) is 1. The summed E-state index contributed by atoms with van der Waals surface area (Å²) in [5.74, 6) is 1.65. The molecule has 1 heterocycles. The molecule has 0 aliphatic heterocycles. The molecule has 9 heteroatoms. The molecule has 0 bridgehead atoms. The van der Waals surface area contributed by atoms with Crippen LogP contribution in [0.5, 0.6) is 5.75 Å². The molecule has 8 nitrogen and oxygen atoms in total. The maximum absolute atomic E-state index is 5.86. The average Bonchev–Trinajstić information content (AvgIpc) is 2.64. The predicted molar refractivity (Wildman–Crippen MR) is 103 cm³/mol. The first-order valence-corrected chi connectivity index (χ1v) is 9.14. The monoisotopic (exact) mass is 362 g/mol. The summed E-state index contributed by atoms with van der Waals surface area (Å²) in [6, 6.07) is 9.67. The number of nitrogens with one attached hydrogen (secondary N) is 1. The molecule has 0 fully saturated rings. The molecular formula is C16H23N6O2P. The summed E-state index contributed by atoms with van der Waals surface area (Å²) in [5, 5.41) is 3.14. The number of aromatic nitrogens is 2. The number of para-hydroxylation sites is 1. The lowest BCUT2D eigenvalue weighted by atomic mass is 10.3. The third kappa shape index (κ3) is 5.94. The van der Waals surface area contributed by atoms with Crippen molar-refractivity contribution >= 4 is 32.5 Å². The van der Waals surface area contributed by atoms with Crippen molar-refractivity contribution in [2.24, 2.45) is 4.99 Å². The fraction of sp³-hybridized carbons (Fsp3) is 0.312. The van der Waals surface area contributed by atoms with Crippen molar-refractivity contribution < 1.29 is 9.26 Å². The van der Waals surface area contributed by atoms with Crippen LogP contribution in [-0.2, 0) is 4.74 Å². The highest BCUT2D eigenvalue weighted by atomic mass is 31.2. The van der Waals surface area contributed by atoms with E-state index >= 15 is 0 Å². The Morgan fingerprint density at radius 2 is 2.12 bits per heavy atom. The van der Waals surface area contributed by atoms with Gasteiger partial charge in [0.2, 0.25) is 5.95 Å². The lowest BCUT2D eigenvalue weighted by Gasteiger charge is -2.21. The zero-order valence-corrected chi connectivity index (χ0v) is 15.3. The van der Waals surface area contributed by atoms with Crippen molar-refractivity contribution in [1.82, 2.24) is 15.1 Å². The summed E-state index contributed by atoms with van der Waals surface area (Å²) in [6.45, 7) is 4.66. The summed E-state index contributed by atoms with van der Waals surface area (Å²) in [6.07, 6.45) is 2.03. The van der Waals surface area contributed by atoms with Crippen LogP contribution in [-0.4, -0.2) is 50.3 Å². The molecule has 0 radical (unpaired) electrons. The summed E-state index contributed by atoms with van der Waals surface area (Å²) in [7, 11) is 2.85. The number of rotatable bonds is 10. The molecule has 0 saturated heterocycles. The Bertz CT molecular complexity index is 673. The van der Waals surface area contributed by atoms with Crippen molar-refractivity contribution in [3.05, 3.63) is 36.5 Å². The molecule has 0 amide bonds. The smallest absolute Gasteiger partial charge is 0.222 e. The van der Waals surface area contributed by atoms with E-state index in [1.807, 2.05) is 49.3 Å². The van der Waals surface area contributed by atoms with Gasteiger partial charge in [-0.3, -0.25) is 10.1 Å². The van der Waals surface area contributed by atoms with Gasteiger partial charge < -0.3 is 19.9 Å². The third-order valence-electron chi connectivity index (χ3n) is 3.29. The average molecular weight is 362 g/mol. The van der Waals surface area contributed by atoms with Crippen LogP contribution in [0.1, 0.15) is 0 Å². The van der Waals surface area contributed by atoms with Crippen molar-refractivity contribution in [3.63, 3.8) is 0 Å². The Morgan fingerprint density at radius 1 is 1.36 bits per heavy atom. The molecule has 25 heavy (non-hydrogen) atoms. The highest BCUT2D eigenvalue weighted by molar-refractivity contribution is 7.50. The van der Waals surface area contributed by atoms with E-state index in [4.69, 9.17) is 15.0 Å². The molecule has 134 valence electrons. The van der Waals surface area contributed by atoms with Gasteiger partial charge in [-0.15, -0.1) is 0 Å². The van der Waals surface area contributed by atoms with E-state index in [-0.39, 0.29) is 5.95 Å². The molecule has 1 aromatic carbocycles. The molecule has 0 aliphatic carbocycles. The molecule has 0 saturated carbocycles. The van der Waals surface area contributed by atoms with Gasteiger partial charge in [0.1, 0.15) is 17.8 Å². The molecular weight excluding hydrogens is 339 g/mol. The number of benzene rings is 1. The van der Waals surface area contributed by atoms with Crippen LogP contribution in [0.15, 0.2) is 41.5 Å². The second-order valence-electron chi connectivity index (χ2n) is 5.06. The Morgan fingerprint density at radius 3 is 2.80 bits per heavy atom. The van der Waals surface area contributed by atoms with Crippen LogP contribution in [0, 0.1) is 0 Å². The number of nitrogens with zero attached hydrogens (tertiary/aromatic N) is 4. The second-order valence-corrected chi connectivity index (χ2v) is 6.71. The number of anilines is 2. The van der Waals surface area contributed by atoms with Crippen molar-refractivity contribution in [1.29, 1.82) is 0 Å². The minimum atomic E-state index is -0.899. The number of nitrogens with two attached hydrogens (primary N) is 1. The highest BCUT2D eigenvalue weighted by Gasteiger charge is 2.12. The van der Waals surface area contributed by atoms with E-state index < -0.39 is 8.30 Å². The molecule has 1 aromatic heterocycles. The SMILES string of the molecule is C=Nc1cnc(N)nc1N(C)CCOCP(NC)Oc1ccccc1. The maximum atomic E-state index is 5.86. The van der Waals surface area contributed by atoms with Gasteiger partial charge in [-0.25, -0.2) is 4.98 Å². The standard InChI is InChI=1S/C16H23N6O2P/c1-18-14-11-20-16(17)21-15(14)22(3)9-10-23-12-25(19-2)24-13-7-5-4-6-8-13/h4-8,11,19H,1,9-10,12H2,2-3H3,(H2,17,20,21). The van der Waals surface area contributed by atoms with E-state index in [0.717, 1.165) is 5.75 Å². The Hall–Kier alpha value is -2.28. The van der Waals surface area contributed by atoms with Gasteiger partial charge in [0.05, 0.1) is 12.8 Å². The number of hydrogen-bond acceptors (Lipinski definition) is 8. The van der Waals surface area contributed by atoms with E-state index in [1.165, 1.54) is 0 Å². The number of ether oxygens (including phenoxy) is 1. The molecule has 1 atom stereocenters. The maximum Gasteiger partial charge on any atom is 0.222 e. The Labute approximate surface area is 149 Å². The molecule has 0 spiro atoms. The molecule has 2 aromatic rings. The molecule has 1 unspecified atom stereocenters. The first-order valence-electron chi connectivity index (χ1n) is 7.70. The second kappa shape index (κ2) is 9.88. The first-order chi connectivity index (χ1) is 12.1. The molecule has 3 N–H and O–H groups in total. The van der Waals surface area contributed by atoms with Gasteiger partial charge in [0.25, 0.3) is 0 Å². The van der Waals surface area contributed by atoms with Crippen LogP contribution in [0.2, 0.25) is 0 Å². The van der Waals surface area contributed by atoms with Crippen LogP contribution in [0.3, 0.4) is 0 Å². The van der Waals surface area contributed by atoms with Crippen LogP contribution < -0.4 is 20.2 Å². The summed E-state index contributed by atoms with van der Waals surface area (Å²) < 4.78 is 11.6. The number of aliphatic imine (C=N–C) groups is 1. The third-order valence-corrected chi connectivity index (χ3v) is 4.64. The zero-order chi connectivity index (χ0) is 18.1. The lowest BCUT2D eigenvalue weighted by Crippen LogP contribution is -2.24. The van der Waals surface area contributed by atoms with Gasteiger partial charge in [-0.05, 0) is 25.9 Å². The highest BCUT2D eigenvalue weighted by Crippen LogP contribution is 2.33. The normalized spacial score (nSPS) is 11.8. The number of nitrogen functional groups attached to an aromatic ring is 1. The minimum Gasteiger partial charge on any atom is -0.456 e. The van der Waals surface area contributed by atoms with Crippen molar-refractivity contribution in [2.75, 3.05) is 44.2 Å². The van der Waals surface area contributed by atoms with E-state index in [9.17, 15) is 0 Å². The first kappa shape index (κ1) is 19.1. The van der Waals surface area contributed by atoms with Crippen molar-refractivity contribution in [2.45, 2.75) is 0 Å². The Balaban J connectivity index is 1.79. The van der Waals surface area contributed by atoms with Gasteiger partial charge in [0.15, 0.2) is 14.1 Å². The van der Waals surface area contributed by atoms with Gasteiger partial charge >= 0.3 is 0 Å². The largest absolute Gasteiger partial charge is 0.456 e. The van der Waals surface area contributed by atoms with Gasteiger partial charge in [-0.2, -0.15) is 4.98 Å². The minimum absolute atomic E-state index is 0.199. The number of hydrogen-bond donors (Lipinski definition) is 2. The Kier molecular flexibility index (Phi) is 7.53. The fourth-order valence-electron chi connectivity index (χ4n) is 1.97. The fourth-order valence-corrected chi connectivity index (χ4v) is 2.92. The van der Waals surface area contributed by atoms with E-state index in [1.54, 1.807) is 6.20 Å². The zero-order valence-electron chi connectivity index (χ0n) is 14.4. The van der Waals surface area contributed by atoms with E-state index in [2.05, 4.69) is 26.8 Å². The van der Waals surface area contributed by atoms with Gasteiger partial charge in [-0.1, -0.05) is 18.2 Å². The predicted octanol–water partition coefficient (Wildman–Crippen LogP) is 2.41. The van der Waals surface area contributed by atoms with Crippen LogP contribution >= 0.6 is 8.30 Å². The molecule has 2 rings (SSSR count).